The van der Waals surface area contributed by atoms with Crippen molar-refractivity contribution < 1.29 is 63.1 Å². The van der Waals surface area contributed by atoms with Gasteiger partial charge in [0, 0.05) is 12.8 Å². The lowest BCUT2D eigenvalue weighted by atomic mass is 9.85. The molecule has 1 rings (SSSR count). The molecule has 13 nitrogen and oxygen atoms in total. The molecular weight excluding hydrogens is 767 g/mol. The van der Waals surface area contributed by atoms with Crippen LogP contribution >= 0.6 is 7.82 Å². The highest BCUT2D eigenvalue weighted by atomic mass is 31.2. The van der Waals surface area contributed by atoms with Gasteiger partial charge in [0.15, 0.2) is 6.10 Å². The van der Waals surface area contributed by atoms with Crippen molar-refractivity contribution in [3.8, 4) is 0 Å². The summed E-state index contributed by atoms with van der Waals surface area (Å²) in [6.07, 6.45) is 23.8. The van der Waals surface area contributed by atoms with Gasteiger partial charge in [-0.3, -0.25) is 18.6 Å². The van der Waals surface area contributed by atoms with Crippen LogP contribution in [0, 0.1) is 0 Å². The maximum absolute atomic E-state index is 12.8. The number of phosphoric acid groups is 1. The Bertz CT molecular complexity index is 1120. The average molecular weight is 849 g/mol. The van der Waals surface area contributed by atoms with Crippen molar-refractivity contribution in [1.82, 2.24) is 0 Å². The maximum atomic E-state index is 12.8. The van der Waals surface area contributed by atoms with E-state index in [-0.39, 0.29) is 12.8 Å². The molecule has 1 aliphatic rings. The number of esters is 2. The molecule has 0 aromatic rings. The van der Waals surface area contributed by atoms with Gasteiger partial charge in [-0.25, -0.2) is 4.57 Å². The van der Waals surface area contributed by atoms with E-state index in [2.05, 4.69) is 38.2 Å². The van der Waals surface area contributed by atoms with Gasteiger partial charge in [-0.15, -0.1) is 0 Å². The predicted molar refractivity (Wildman–Crippen MR) is 226 cm³/mol. The number of hydrogen-bond donors (Lipinski definition) is 6. The fourth-order valence-corrected chi connectivity index (χ4v) is 7.78. The second kappa shape index (κ2) is 35.0. The van der Waals surface area contributed by atoms with E-state index >= 15 is 0 Å². The van der Waals surface area contributed by atoms with Gasteiger partial charge in [0.1, 0.15) is 43.2 Å². The van der Waals surface area contributed by atoms with Crippen LogP contribution in [0.4, 0.5) is 0 Å². The third-order valence-corrected chi connectivity index (χ3v) is 11.5. The SMILES string of the molecule is CCCCC/C=C/CCCCCCCC(=O)OC[C@H](COP(=O)(O)OC1C(O)C(O)C(O)[C@@H](O)C1O)OC(=O)CCCCCCCCCCC/C=C/CCCCCC. The zero-order chi connectivity index (χ0) is 42.9. The summed E-state index contributed by atoms with van der Waals surface area (Å²) < 4.78 is 33.5. The number of ether oxygens (including phenoxy) is 2. The Balaban J connectivity index is 2.46. The van der Waals surface area contributed by atoms with Crippen LogP contribution in [0.3, 0.4) is 0 Å². The van der Waals surface area contributed by atoms with Crippen molar-refractivity contribution >= 4 is 19.8 Å². The first-order chi connectivity index (χ1) is 27.9. The first-order valence-electron chi connectivity index (χ1n) is 22.6. The van der Waals surface area contributed by atoms with E-state index in [1.807, 2.05) is 0 Å². The lowest BCUT2D eigenvalue weighted by Crippen LogP contribution is -2.64. The Kier molecular flexibility index (Phi) is 32.8. The summed E-state index contributed by atoms with van der Waals surface area (Å²) in [5, 5.41) is 50.1. The lowest BCUT2D eigenvalue weighted by Gasteiger charge is -2.41. The largest absolute Gasteiger partial charge is 0.472 e. The molecule has 0 saturated heterocycles. The molecule has 0 bridgehead atoms. The fraction of sp³-hybridized carbons (Fsp3) is 0.864. The second-order valence-corrected chi connectivity index (χ2v) is 17.3. The van der Waals surface area contributed by atoms with Crippen LogP contribution in [0.25, 0.3) is 0 Å². The molecule has 0 aromatic carbocycles. The Labute approximate surface area is 349 Å². The molecule has 0 aromatic heterocycles. The molecule has 6 unspecified atom stereocenters. The molecule has 58 heavy (non-hydrogen) atoms. The Morgan fingerprint density at radius 1 is 0.517 bits per heavy atom. The minimum absolute atomic E-state index is 0.0943. The van der Waals surface area contributed by atoms with Crippen LogP contribution in [-0.2, 0) is 32.7 Å². The molecule has 0 heterocycles. The number of aliphatic hydroxyl groups is 5. The van der Waals surface area contributed by atoms with Crippen molar-refractivity contribution in [3.63, 3.8) is 0 Å². The molecule has 1 aliphatic carbocycles. The summed E-state index contributed by atoms with van der Waals surface area (Å²) in [6, 6.07) is 0. The van der Waals surface area contributed by atoms with E-state index in [9.17, 15) is 44.6 Å². The van der Waals surface area contributed by atoms with Crippen LogP contribution < -0.4 is 0 Å². The first kappa shape index (κ1) is 54.3. The number of allylic oxidation sites excluding steroid dienone is 4. The van der Waals surface area contributed by atoms with Crippen molar-refractivity contribution in [2.75, 3.05) is 13.2 Å². The second-order valence-electron chi connectivity index (χ2n) is 15.9. The van der Waals surface area contributed by atoms with E-state index in [0.29, 0.717) is 12.8 Å². The molecule has 6 N–H and O–H groups in total. The summed E-state index contributed by atoms with van der Waals surface area (Å²) in [7, 11) is -5.11. The number of hydrogen-bond acceptors (Lipinski definition) is 12. The lowest BCUT2D eigenvalue weighted by molar-refractivity contribution is -0.220. The quantitative estimate of drug-likeness (QED) is 0.0150. The average Bonchev–Trinajstić information content (AvgIpc) is 3.20. The number of phosphoric ester groups is 1. The van der Waals surface area contributed by atoms with Crippen molar-refractivity contribution in [1.29, 1.82) is 0 Å². The van der Waals surface area contributed by atoms with Crippen molar-refractivity contribution in [3.05, 3.63) is 24.3 Å². The normalized spacial score (nSPS) is 22.7. The molecular formula is C44H81O13P. The fourth-order valence-electron chi connectivity index (χ4n) is 6.81. The third-order valence-electron chi connectivity index (χ3n) is 10.5. The highest BCUT2D eigenvalue weighted by Gasteiger charge is 2.51. The Morgan fingerprint density at radius 3 is 1.34 bits per heavy atom. The van der Waals surface area contributed by atoms with Crippen LogP contribution in [0.1, 0.15) is 187 Å². The number of carbonyl (C=O) groups excluding carboxylic acids is 2. The summed E-state index contributed by atoms with van der Waals surface area (Å²) in [5.41, 5.74) is 0. The molecule has 340 valence electrons. The van der Waals surface area contributed by atoms with E-state index in [4.69, 9.17) is 18.5 Å². The van der Waals surface area contributed by atoms with Crippen LogP contribution in [0.5, 0.6) is 0 Å². The van der Waals surface area contributed by atoms with Crippen molar-refractivity contribution in [2.45, 2.75) is 230 Å². The van der Waals surface area contributed by atoms with Gasteiger partial charge in [0.05, 0.1) is 6.61 Å². The highest BCUT2D eigenvalue weighted by molar-refractivity contribution is 7.47. The first-order valence-corrected chi connectivity index (χ1v) is 24.1. The van der Waals surface area contributed by atoms with Crippen LogP contribution in [-0.4, -0.2) is 98.3 Å². The van der Waals surface area contributed by atoms with Gasteiger partial charge in [-0.2, -0.15) is 0 Å². The van der Waals surface area contributed by atoms with Crippen LogP contribution in [0.15, 0.2) is 24.3 Å². The summed E-state index contributed by atoms with van der Waals surface area (Å²) in [4.78, 5) is 35.6. The molecule has 8 atom stereocenters. The van der Waals surface area contributed by atoms with Gasteiger partial charge in [0.25, 0.3) is 0 Å². The summed E-state index contributed by atoms with van der Waals surface area (Å²) >= 11 is 0. The van der Waals surface area contributed by atoms with Gasteiger partial charge in [-0.1, -0.05) is 134 Å². The van der Waals surface area contributed by atoms with Crippen molar-refractivity contribution in [2.24, 2.45) is 0 Å². The molecule has 0 aliphatic heterocycles. The van der Waals surface area contributed by atoms with E-state index in [1.165, 1.54) is 77.0 Å². The van der Waals surface area contributed by atoms with E-state index < -0.39 is 75.7 Å². The molecule has 0 amide bonds. The highest BCUT2D eigenvalue weighted by Crippen LogP contribution is 2.47. The zero-order valence-corrected chi connectivity index (χ0v) is 36.7. The molecule has 1 saturated carbocycles. The Morgan fingerprint density at radius 2 is 0.879 bits per heavy atom. The topological polar surface area (TPSA) is 210 Å². The smallest absolute Gasteiger partial charge is 0.462 e. The van der Waals surface area contributed by atoms with Gasteiger partial charge >= 0.3 is 19.8 Å². The van der Waals surface area contributed by atoms with E-state index in [1.54, 1.807) is 0 Å². The number of aliphatic hydroxyl groups excluding tert-OH is 5. The summed E-state index contributed by atoms with van der Waals surface area (Å²) in [6.45, 7) is 3.25. The minimum atomic E-state index is -5.11. The standard InChI is InChI=1S/C44H81O13P/c1-3-5-7-9-11-13-15-17-18-19-20-21-23-25-27-29-31-33-38(46)56-36(34-54-37(45)32-30-28-26-24-22-16-14-12-10-8-6-4-2)35-55-58(52,53)57-44-42(50)40(48)39(47)41(49)43(44)51/h12-15,36,39-44,47-51H,3-11,16-35H2,1-2H3,(H,52,53)/b14-12+,15-13+/t36-,39?,40-,41?,42?,43?,44?/m1/s1. The molecule has 0 spiro atoms. The molecule has 0 radical (unpaired) electrons. The monoisotopic (exact) mass is 849 g/mol. The van der Waals surface area contributed by atoms with Gasteiger partial charge in [-0.05, 0) is 64.2 Å². The number of unbranched alkanes of at least 4 members (excludes halogenated alkanes) is 21. The minimum Gasteiger partial charge on any atom is -0.462 e. The molecule has 14 heteroatoms. The third kappa shape index (κ3) is 27.2. The van der Waals surface area contributed by atoms with Gasteiger partial charge < -0.3 is 39.9 Å². The van der Waals surface area contributed by atoms with Crippen LogP contribution in [0.2, 0.25) is 0 Å². The predicted octanol–water partition coefficient (Wildman–Crippen LogP) is 8.45. The summed E-state index contributed by atoms with van der Waals surface area (Å²) in [5.74, 6) is -1.11. The maximum Gasteiger partial charge on any atom is 0.472 e. The van der Waals surface area contributed by atoms with Gasteiger partial charge in [0.2, 0.25) is 0 Å². The number of rotatable bonds is 37. The Hall–Kier alpha value is -1.67. The number of carbonyl (C=O) groups is 2. The van der Waals surface area contributed by atoms with E-state index in [0.717, 1.165) is 70.6 Å². The molecule has 1 fully saturated rings. The zero-order valence-electron chi connectivity index (χ0n) is 35.8.